The van der Waals surface area contributed by atoms with Crippen LogP contribution >= 0.6 is 0 Å². The number of amides is 1. The molecule has 1 saturated heterocycles. The highest BCUT2D eigenvalue weighted by atomic mass is 16.5. The lowest BCUT2D eigenvalue weighted by atomic mass is 10.0. The number of benzene rings is 2. The number of carbonyl (C=O) groups is 2. The van der Waals surface area contributed by atoms with Crippen LogP contribution in [-0.2, 0) is 14.3 Å². The fourth-order valence-electron chi connectivity index (χ4n) is 4.54. The van der Waals surface area contributed by atoms with Crippen LogP contribution in [0, 0.1) is 12.8 Å². The molecule has 0 spiro atoms. The Kier molecular flexibility index (Phi) is 5.42. The van der Waals surface area contributed by atoms with Gasteiger partial charge in [0.15, 0.2) is 11.4 Å². The van der Waals surface area contributed by atoms with Crippen molar-refractivity contribution in [1.29, 1.82) is 0 Å². The average Bonchev–Trinajstić information content (AvgIpc) is 3.40. The third-order valence-corrected chi connectivity index (χ3v) is 5.98. The molecule has 0 bridgehead atoms. The van der Waals surface area contributed by atoms with Gasteiger partial charge in [-0.15, -0.1) is 0 Å². The van der Waals surface area contributed by atoms with Crippen LogP contribution in [0.2, 0.25) is 0 Å². The quantitative estimate of drug-likeness (QED) is 0.463. The van der Waals surface area contributed by atoms with Crippen molar-refractivity contribution in [2.75, 3.05) is 23.9 Å². The minimum Gasteiger partial charge on any atom is -0.467 e. The molecule has 0 saturated carbocycles. The van der Waals surface area contributed by atoms with E-state index in [1.54, 1.807) is 0 Å². The minimum atomic E-state index is -0.560. The molecule has 2 aromatic carbocycles. The number of esters is 1. The summed E-state index contributed by atoms with van der Waals surface area (Å²) in [5.41, 5.74) is 2.70. The van der Waals surface area contributed by atoms with Gasteiger partial charge < -0.3 is 19.4 Å². The Morgan fingerprint density at radius 2 is 1.88 bits per heavy atom. The van der Waals surface area contributed by atoms with Crippen LogP contribution in [0.3, 0.4) is 0 Å². The number of hydrogen-bond donors (Lipinski definition) is 1. The Balaban J connectivity index is 1.47. The molecule has 0 radical (unpaired) electrons. The van der Waals surface area contributed by atoms with Crippen LogP contribution in [0.25, 0.3) is 22.1 Å². The second-order valence-corrected chi connectivity index (χ2v) is 8.28. The number of furan rings is 1. The lowest BCUT2D eigenvalue weighted by Gasteiger charge is -2.23. The Labute approximate surface area is 190 Å². The molecule has 1 amide bonds. The molecule has 0 aliphatic carbocycles. The zero-order chi connectivity index (χ0) is 22.9. The van der Waals surface area contributed by atoms with Gasteiger partial charge in [-0.05, 0) is 43.5 Å². The van der Waals surface area contributed by atoms with Gasteiger partial charge in [-0.2, -0.15) is 0 Å². The van der Waals surface area contributed by atoms with Gasteiger partial charge in [-0.1, -0.05) is 30.3 Å². The Morgan fingerprint density at radius 1 is 1.12 bits per heavy atom. The first-order valence-electron chi connectivity index (χ1n) is 10.9. The number of aromatic nitrogens is 2. The molecule has 2 aromatic heterocycles. The first-order valence-corrected chi connectivity index (χ1v) is 10.9. The topological polar surface area (TPSA) is 97.6 Å². The first-order chi connectivity index (χ1) is 16.0. The smallest absolute Gasteiger partial charge is 0.328 e. The van der Waals surface area contributed by atoms with E-state index in [9.17, 15) is 9.59 Å². The molecule has 1 fully saturated rings. The number of ether oxygens (including phenoxy) is 1. The van der Waals surface area contributed by atoms with Crippen LogP contribution in [0.1, 0.15) is 18.7 Å². The Bertz CT molecular complexity index is 1330. The summed E-state index contributed by atoms with van der Waals surface area (Å²) in [6.45, 7) is 2.29. The number of aryl methyl sites for hydroxylation is 1. The van der Waals surface area contributed by atoms with Crippen molar-refractivity contribution in [1.82, 2.24) is 9.97 Å². The number of carbonyl (C=O) groups excluding carboxylic acids is 2. The van der Waals surface area contributed by atoms with E-state index in [0.29, 0.717) is 41.3 Å². The van der Waals surface area contributed by atoms with E-state index in [0.717, 1.165) is 11.1 Å². The number of rotatable bonds is 5. The normalized spacial score (nSPS) is 18.1. The Hall–Kier alpha value is -3.94. The van der Waals surface area contributed by atoms with Crippen molar-refractivity contribution in [3.05, 3.63) is 60.4 Å². The molecular formula is C25H24N4O4. The third-order valence-electron chi connectivity index (χ3n) is 5.98. The summed E-state index contributed by atoms with van der Waals surface area (Å²) in [6, 6.07) is 16.4. The molecule has 1 N–H and O–H groups in total. The standard InChI is InChI=1S/C25H24N4O4/c1-15-26-22-18-10-6-7-11-20(18)33-23(22)24(27-15)29-14-16(12-19(29)25(31)32-2)13-21(30)28-17-8-4-3-5-9-17/h3-11,16,19H,12-14H2,1-2H3,(H,28,30)/t16-,19+/m1/s1. The predicted molar refractivity (Wildman–Crippen MR) is 125 cm³/mol. The number of nitrogens with zero attached hydrogens (tertiary/aromatic N) is 3. The zero-order valence-electron chi connectivity index (χ0n) is 18.4. The van der Waals surface area contributed by atoms with E-state index in [1.807, 2.05) is 66.4 Å². The van der Waals surface area contributed by atoms with E-state index < -0.39 is 6.04 Å². The summed E-state index contributed by atoms with van der Waals surface area (Å²) in [6.07, 6.45) is 0.770. The molecule has 4 aromatic rings. The second kappa shape index (κ2) is 8.54. The molecule has 8 nitrogen and oxygen atoms in total. The minimum absolute atomic E-state index is 0.0486. The highest BCUT2D eigenvalue weighted by Gasteiger charge is 2.40. The van der Waals surface area contributed by atoms with Crippen molar-refractivity contribution >= 4 is 45.5 Å². The number of nitrogens with one attached hydrogen (secondary N) is 1. The maximum Gasteiger partial charge on any atom is 0.328 e. The van der Waals surface area contributed by atoms with E-state index in [1.165, 1.54) is 7.11 Å². The predicted octanol–water partition coefficient (Wildman–Crippen LogP) is 4.08. The van der Waals surface area contributed by atoms with Crippen molar-refractivity contribution in [2.45, 2.75) is 25.8 Å². The number of fused-ring (bicyclic) bond motifs is 3. The van der Waals surface area contributed by atoms with Crippen LogP contribution in [-0.4, -0.2) is 41.5 Å². The maximum absolute atomic E-state index is 12.7. The fraction of sp³-hybridized carbons (Fsp3) is 0.280. The summed E-state index contributed by atoms with van der Waals surface area (Å²) in [5, 5.41) is 3.82. The SMILES string of the molecule is COC(=O)[C@@H]1C[C@H](CC(=O)Nc2ccccc2)CN1c1nc(C)nc2c1oc1ccccc12. The summed E-state index contributed by atoms with van der Waals surface area (Å²) in [4.78, 5) is 36.4. The van der Waals surface area contributed by atoms with E-state index >= 15 is 0 Å². The van der Waals surface area contributed by atoms with Crippen molar-refractivity contribution in [3.63, 3.8) is 0 Å². The van der Waals surface area contributed by atoms with Gasteiger partial charge in [0.1, 0.15) is 23.0 Å². The van der Waals surface area contributed by atoms with Gasteiger partial charge in [-0.25, -0.2) is 14.8 Å². The van der Waals surface area contributed by atoms with Crippen molar-refractivity contribution in [2.24, 2.45) is 5.92 Å². The lowest BCUT2D eigenvalue weighted by molar-refractivity contribution is -0.142. The third kappa shape index (κ3) is 4.00. The molecule has 0 unspecified atom stereocenters. The second-order valence-electron chi connectivity index (χ2n) is 8.28. The number of para-hydroxylation sites is 2. The molecule has 8 heteroatoms. The van der Waals surface area contributed by atoms with Crippen LogP contribution in [0.4, 0.5) is 11.5 Å². The molecule has 1 aliphatic rings. The zero-order valence-corrected chi connectivity index (χ0v) is 18.4. The van der Waals surface area contributed by atoms with Gasteiger partial charge >= 0.3 is 5.97 Å². The molecule has 5 rings (SSSR count). The Morgan fingerprint density at radius 3 is 2.67 bits per heavy atom. The largest absolute Gasteiger partial charge is 0.467 e. The molecule has 33 heavy (non-hydrogen) atoms. The average molecular weight is 444 g/mol. The number of hydrogen-bond acceptors (Lipinski definition) is 7. The van der Waals surface area contributed by atoms with E-state index in [-0.39, 0.29) is 24.2 Å². The molecule has 3 heterocycles. The van der Waals surface area contributed by atoms with Gasteiger partial charge in [0, 0.05) is 24.0 Å². The van der Waals surface area contributed by atoms with E-state index in [4.69, 9.17) is 9.15 Å². The van der Waals surface area contributed by atoms with Crippen LogP contribution < -0.4 is 10.2 Å². The number of anilines is 2. The van der Waals surface area contributed by atoms with Gasteiger partial charge in [0.25, 0.3) is 0 Å². The van der Waals surface area contributed by atoms with Crippen molar-refractivity contribution < 1.29 is 18.7 Å². The molecular weight excluding hydrogens is 420 g/mol. The highest BCUT2D eigenvalue weighted by molar-refractivity contribution is 6.06. The van der Waals surface area contributed by atoms with E-state index in [2.05, 4.69) is 15.3 Å². The fourth-order valence-corrected chi connectivity index (χ4v) is 4.54. The lowest BCUT2D eigenvalue weighted by Crippen LogP contribution is -2.37. The summed E-state index contributed by atoms with van der Waals surface area (Å²) >= 11 is 0. The number of methoxy groups -OCH3 is 1. The molecule has 1 aliphatic heterocycles. The van der Waals surface area contributed by atoms with Gasteiger partial charge in [0.2, 0.25) is 5.91 Å². The van der Waals surface area contributed by atoms with Gasteiger partial charge in [0.05, 0.1) is 7.11 Å². The van der Waals surface area contributed by atoms with Crippen molar-refractivity contribution in [3.8, 4) is 0 Å². The van der Waals surface area contributed by atoms with Crippen LogP contribution in [0.15, 0.2) is 59.0 Å². The summed E-state index contributed by atoms with van der Waals surface area (Å²) < 4.78 is 11.2. The first kappa shape index (κ1) is 20.9. The summed E-state index contributed by atoms with van der Waals surface area (Å²) in [5.74, 6) is 0.631. The maximum atomic E-state index is 12.7. The van der Waals surface area contributed by atoms with Crippen LogP contribution in [0.5, 0.6) is 0 Å². The highest BCUT2D eigenvalue weighted by Crippen LogP contribution is 2.38. The molecule has 168 valence electrons. The van der Waals surface area contributed by atoms with Gasteiger partial charge in [-0.3, -0.25) is 4.79 Å². The monoisotopic (exact) mass is 444 g/mol. The molecule has 2 atom stereocenters. The summed E-state index contributed by atoms with van der Waals surface area (Å²) in [7, 11) is 1.37.